The monoisotopic (exact) mass is 481 g/mol. The van der Waals surface area contributed by atoms with Crippen LogP contribution in [0.3, 0.4) is 0 Å². The van der Waals surface area contributed by atoms with E-state index in [1.807, 2.05) is 36.7 Å². The number of para-hydroxylation sites is 2. The molecule has 0 aliphatic carbocycles. The third-order valence-corrected chi connectivity index (χ3v) is 8.79. The molecule has 4 aromatic carbocycles. The van der Waals surface area contributed by atoms with Gasteiger partial charge in [0.1, 0.15) is 5.75 Å². The first-order chi connectivity index (χ1) is 17.9. The minimum absolute atomic E-state index is 0.523. The van der Waals surface area contributed by atoms with Gasteiger partial charge in [-0.15, -0.1) is 0 Å². The number of aromatic nitrogens is 3. The molecule has 6 aromatic rings. The van der Waals surface area contributed by atoms with Gasteiger partial charge in [0.2, 0.25) is 5.95 Å². The molecular formula is C31H19N3OS. The molecule has 0 bridgehead atoms. The summed E-state index contributed by atoms with van der Waals surface area (Å²) in [4.78, 5) is 12.1. The smallest absolute Gasteiger partial charge is 0.234 e. The van der Waals surface area contributed by atoms with E-state index in [0.29, 0.717) is 5.95 Å². The minimum atomic E-state index is -0.523. The molecule has 0 amide bonds. The van der Waals surface area contributed by atoms with Crippen molar-refractivity contribution in [2.24, 2.45) is 0 Å². The van der Waals surface area contributed by atoms with Crippen LogP contribution in [-0.4, -0.2) is 19.4 Å². The third-order valence-electron chi connectivity index (χ3n) is 6.89. The first kappa shape index (κ1) is 19.8. The van der Waals surface area contributed by atoms with Gasteiger partial charge in [-0.05, 0) is 35.4 Å². The number of hydrogen-bond acceptors (Lipinski definition) is 3. The topological polar surface area (TPSA) is 39.9 Å². The number of hydrogen-bond donors (Lipinski definition) is 0. The predicted molar refractivity (Wildman–Crippen MR) is 148 cm³/mol. The molecule has 8 rings (SSSR count). The standard InChI is InChI=1S/C31H19N3OS/c1-2-8-20(9-3-1)22-18-32-31(33-19-22)34-26-12-6-4-10-23(26)24-16-14-21-15-17-28-25-11-5-7-13-27(25)35-36(28)30(21)29(24)34/h1-19H. The van der Waals surface area contributed by atoms with Crippen LogP contribution in [0.1, 0.15) is 11.1 Å². The Morgan fingerprint density at radius 1 is 0.667 bits per heavy atom. The van der Waals surface area contributed by atoms with Gasteiger partial charge in [0.25, 0.3) is 0 Å². The maximum absolute atomic E-state index is 6.59. The van der Waals surface area contributed by atoms with E-state index in [4.69, 9.17) is 14.2 Å². The first-order valence-electron chi connectivity index (χ1n) is 11.9. The second-order valence-corrected chi connectivity index (χ2v) is 10.5. The number of nitrogens with zero attached hydrogens (tertiary/aromatic N) is 3. The molecule has 0 N–H and O–H groups in total. The largest absolute Gasteiger partial charge is 0.428 e. The van der Waals surface area contributed by atoms with Crippen LogP contribution in [0.15, 0.2) is 114 Å². The Morgan fingerprint density at radius 3 is 2.33 bits per heavy atom. The van der Waals surface area contributed by atoms with Crippen molar-refractivity contribution in [2.45, 2.75) is 4.90 Å². The number of fused-ring (bicyclic) bond motifs is 8. The second-order valence-electron chi connectivity index (χ2n) is 8.92. The summed E-state index contributed by atoms with van der Waals surface area (Å²) < 4.78 is 8.80. The quantitative estimate of drug-likeness (QED) is 0.242. The zero-order valence-electron chi connectivity index (χ0n) is 19.1. The van der Waals surface area contributed by atoms with Crippen molar-refractivity contribution in [3.8, 4) is 22.8 Å². The van der Waals surface area contributed by atoms with Gasteiger partial charge >= 0.3 is 0 Å². The van der Waals surface area contributed by atoms with Crippen molar-refractivity contribution in [3.05, 3.63) is 121 Å². The number of benzene rings is 4. The van der Waals surface area contributed by atoms with E-state index in [0.717, 1.165) is 27.9 Å². The summed E-state index contributed by atoms with van der Waals surface area (Å²) in [6.45, 7) is 0. The lowest BCUT2D eigenvalue weighted by Crippen LogP contribution is -2.05. The molecular weight excluding hydrogens is 462 g/mol. The van der Waals surface area contributed by atoms with E-state index < -0.39 is 10.8 Å². The van der Waals surface area contributed by atoms with Crippen LogP contribution in [0.25, 0.3) is 45.0 Å². The van der Waals surface area contributed by atoms with Gasteiger partial charge in [0.05, 0.1) is 20.8 Å². The normalized spacial score (nSPS) is 15.6. The van der Waals surface area contributed by atoms with Crippen LogP contribution in [-0.2, 0) is 0 Å². The molecule has 5 heteroatoms. The molecule has 0 spiro atoms. The zero-order valence-corrected chi connectivity index (χ0v) is 19.9. The van der Waals surface area contributed by atoms with Crippen molar-refractivity contribution in [1.29, 1.82) is 0 Å². The van der Waals surface area contributed by atoms with E-state index in [1.54, 1.807) is 0 Å². The minimum Gasteiger partial charge on any atom is -0.428 e. The lowest BCUT2D eigenvalue weighted by atomic mass is 10.1. The lowest BCUT2D eigenvalue weighted by molar-refractivity contribution is 0.648. The van der Waals surface area contributed by atoms with Gasteiger partial charge in [-0.25, -0.2) is 9.97 Å². The van der Waals surface area contributed by atoms with E-state index in [1.165, 1.54) is 31.7 Å². The van der Waals surface area contributed by atoms with Crippen molar-refractivity contribution in [2.75, 3.05) is 0 Å². The maximum atomic E-state index is 6.59. The van der Waals surface area contributed by atoms with E-state index in [9.17, 15) is 0 Å². The Bertz CT molecular complexity index is 1900. The molecule has 1 atom stereocenters. The molecule has 36 heavy (non-hydrogen) atoms. The van der Waals surface area contributed by atoms with Crippen LogP contribution in [0.4, 0.5) is 0 Å². The summed E-state index contributed by atoms with van der Waals surface area (Å²) >= 11 is 0. The first-order valence-corrected chi connectivity index (χ1v) is 13.0. The van der Waals surface area contributed by atoms with Crippen molar-refractivity contribution < 1.29 is 4.18 Å². The number of rotatable bonds is 2. The molecule has 0 fully saturated rings. The summed E-state index contributed by atoms with van der Waals surface area (Å²) in [5.41, 5.74) is 6.64. The predicted octanol–water partition coefficient (Wildman–Crippen LogP) is 7.42. The Morgan fingerprint density at radius 2 is 1.44 bits per heavy atom. The van der Waals surface area contributed by atoms with Gasteiger partial charge < -0.3 is 4.18 Å². The van der Waals surface area contributed by atoms with Crippen LogP contribution < -0.4 is 4.18 Å². The SMILES string of the molecule is C1=Cc2ccc3c4ccccc4n(-c4ncc(-c5ccccc5)cn4)c3c2S2=C1c1ccccc1O2. The zero-order chi connectivity index (χ0) is 23.6. The Kier molecular flexibility index (Phi) is 4.13. The van der Waals surface area contributed by atoms with Crippen molar-refractivity contribution >= 4 is 43.5 Å². The highest BCUT2D eigenvalue weighted by Gasteiger charge is 2.30. The highest BCUT2D eigenvalue weighted by molar-refractivity contribution is 8.13. The molecule has 0 saturated carbocycles. The van der Waals surface area contributed by atoms with Gasteiger partial charge in [-0.1, -0.05) is 78.9 Å². The second kappa shape index (κ2) is 7.51. The van der Waals surface area contributed by atoms with Gasteiger partial charge in [0, 0.05) is 45.1 Å². The number of allylic oxidation sites excluding steroid dienone is 1. The van der Waals surface area contributed by atoms with Crippen molar-refractivity contribution in [1.82, 2.24) is 14.5 Å². The average Bonchev–Trinajstić information content (AvgIpc) is 3.49. The fraction of sp³-hybridized carbons (Fsp3) is 0. The summed E-state index contributed by atoms with van der Waals surface area (Å²) in [5, 5.41) is 2.37. The third kappa shape index (κ3) is 2.75. The van der Waals surface area contributed by atoms with Gasteiger partial charge in [0.15, 0.2) is 0 Å². The average molecular weight is 482 g/mol. The molecule has 4 heterocycles. The molecule has 2 aliphatic heterocycles. The fourth-order valence-electron chi connectivity index (χ4n) is 5.24. The van der Waals surface area contributed by atoms with Crippen molar-refractivity contribution in [3.63, 3.8) is 0 Å². The lowest BCUT2D eigenvalue weighted by Gasteiger charge is -2.17. The Balaban J connectivity index is 1.42. The van der Waals surface area contributed by atoms with E-state index >= 15 is 0 Å². The Hall–Kier alpha value is -4.48. The fourth-order valence-corrected chi connectivity index (χ4v) is 7.24. The molecule has 2 aliphatic rings. The molecule has 0 radical (unpaired) electrons. The van der Waals surface area contributed by atoms with Crippen LogP contribution in [0.5, 0.6) is 5.75 Å². The molecule has 4 nitrogen and oxygen atoms in total. The maximum Gasteiger partial charge on any atom is 0.234 e. The van der Waals surface area contributed by atoms with Crippen LogP contribution in [0.2, 0.25) is 0 Å². The van der Waals surface area contributed by atoms with Gasteiger partial charge in [-0.3, -0.25) is 4.57 Å². The summed E-state index contributed by atoms with van der Waals surface area (Å²) in [6.07, 6.45) is 8.24. The molecule has 2 aromatic heterocycles. The highest BCUT2D eigenvalue weighted by atomic mass is 32.2. The summed E-state index contributed by atoms with van der Waals surface area (Å²) in [6, 6.07) is 31.5. The molecule has 170 valence electrons. The molecule has 0 saturated heterocycles. The highest BCUT2D eigenvalue weighted by Crippen LogP contribution is 2.50. The summed E-state index contributed by atoms with van der Waals surface area (Å²) in [5.74, 6) is 1.60. The summed E-state index contributed by atoms with van der Waals surface area (Å²) in [7, 11) is -0.523. The van der Waals surface area contributed by atoms with Gasteiger partial charge in [-0.2, -0.15) is 0 Å². The van der Waals surface area contributed by atoms with Crippen LogP contribution in [0, 0.1) is 0 Å². The van der Waals surface area contributed by atoms with E-state index in [2.05, 4.69) is 83.4 Å². The molecule has 1 unspecified atom stereocenters. The van der Waals surface area contributed by atoms with E-state index in [-0.39, 0.29) is 0 Å². The van der Waals surface area contributed by atoms with Crippen LogP contribution >= 0.6 is 10.8 Å². The Labute approximate surface area is 210 Å².